The first-order chi connectivity index (χ1) is 10.5. The number of hydrogen-bond acceptors (Lipinski definition) is 2. The third-order valence-electron chi connectivity index (χ3n) is 4.40. The minimum atomic E-state index is -0.646. The van der Waals surface area contributed by atoms with Gasteiger partial charge in [0.2, 0.25) is 5.91 Å². The van der Waals surface area contributed by atoms with Gasteiger partial charge < -0.3 is 9.32 Å². The first kappa shape index (κ1) is 15.2. The molecule has 0 radical (unpaired) electrons. The standard InChI is InChI=1S/C18H20ClNO2/c1-18(2,14-6-3-4-7-15(14)19)17(21)20-10-5-8-16-13(12-20)9-11-22-16/h3-4,6-7,9,11H,5,8,10,12H2,1-2H3. The van der Waals surface area contributed by atoms with Crippen molar-refractivity contribution in [2.24, 2.45) is 0 Å². The van der Waals surface area contributed by atoms with Crippen molar-refractivity contribution < 1.29 is 9.21 Å². The molecule has 3 nitrogen and oxygen atoms in total. The Kier molecular flexibility index (Phi) is 4.00. The molecule has 116 valence electrons. The van der Waals surface area contributed by atoms with Crippen molar-refractivity contribution in [1.82, 2.24) is 4.90 Å². The van der Waals surface area contributed by atoms with Gasteiger partial charge in [-0.25, -0.2) is 0 Å². The highest BCUT2D eigenvalue weighted by molar-refractivity contribution is 6.31. The number of carbonyl (C=O) groups excluding carboxylic acids is 1. The molecular formula is C18H20ClNO2. The zero-order chi connectivity index (χ0) is 15.7. The van der Waals surface area contributed by atoms with Crippen LogP contribution in [0.15, 0.2) is 41.0 Å². The first-order valence-electron chi connectivity index (χ1n) is 7.60. The molecular weight excluding hydrogens is 298 g/mol. The summed E-state index contributed by atoms with van der Waals surface area (Å²) in [5, 5.41) is 0.639. The average molecular weight is 318 g/mol. The fraction of sp³-hybridized carbons (Fsp3) is 0.389. The van der Waals surface area contributed by atoms with Crippen LogP contribution in [-0.2, 0) is 23.2 Å². The Bertz CT molecular complexity index is 690. The number of benzene rings is 1. The van der Waals surface area contributed by atoms with Crippen LogP contribution < -0.4 is 0 Å². The summed E-state index contributed by atoms with van der Waals surface area (Å²) in [6.45, 7) is 5.24. The van der Waals surface area contributed by atoms with Gasteiger partial charge in [0.1, 0.15) is 5.76 Å². The maximum Gasteiger partial charge on any atom is 0.233 e. The van der Waals surface area contributed by atoms with E-state index in [-0.39, 0.29) is 5.91 Å². The Morgan fingerprint density at radius 3 is 2.82 bits per heavy atom. The van der Waals surface area contributed by atoms with Crippen LogP contribution in [0.5, 0.6) is 0 Å². The summed E-state index contributed by atoms with van der Waals surface area (Å²) in [7, 11) is 0. The van der Waals surface area contributed by atoms with Gasteiger partial charge in [0, 0.05) is 30.1 Å². The molecule has 1 aliphatic heterocycles. The van der Waals surface area contributed by atoms with E-state index in [9.17, 15) is 4.79 Å². The topological polar surface area (TPSA) is 33.5 Å². The maximum atomic E-state index is 13.1. The number of furan rings is 1. The van der Waals surface area contributed by atoms with Crippen molar-refractivity contribution in [2.45, 2.75) is 38.6 Å². The smallest absolute Gasteiger partial charge is 0.233 e. The highest BCUT2D eigenvalue weighted by atomic mass is 35.5. The van der Waals surface area contributed by atoms with Gasteiger partial charge in [0.05, 0.1) is 11.7 Å². The molecule has 0 saturated heterocycles. The summed E-state index contributed by atoms with van der Waals surface area (Å²) in [6.07, 6.45) is 3.52. The van der Waals surface area contributed by atoms with Crippen molar-refractivity contribution in [2.75, 3.05) is 6.54 Å². The van der Waals surface area contributed by atoms with E-state index in [0.29, 0.717) is 11.6 Å². The van der Waals surface area contributed by atoms with Crippen LogP contribution in [-0.4, -0.2) is 17.4 Å². The minimum absolute atomic E-state index is 0.106. The number of halogens is 1. The Labute approximate surface area is 135 Å². The highest BCUT2D eigenvalue weighted by Crippen LogP contribution is 2.33. The van der Waals surface area contributed by atoms with E-state index >= 15 is 0 Å². The molecule has 0 saturated carbocycles. The van der Waals surface area contributed by atoms with Crippen LogP contribution in [0.4, 0.5) is 0 Å². The molecule has 0 aliphatic carbocycles. The molecule has 2 aromatic rings. The monoisotopic (exact) mass is 317 g/mol. The van der Waals surface area contributed by atoms with Gasteiger partial charge in [-0.15, -0.1) is 0 Å². The van der Waals surface area contributed by atoms with Gasteiger partial charge in [0.25, 0.3) is 0 Å². The van der Waals surface area contributed by atoms with E-state index in [4.69, 9.17) is 16.0 Å². The van der Waals surface area contributed by atoms with E-state index < -0.39 is 5.41 Å². The Hall–Kier alpha value is -1.74. The second-order valence-corrected chi connectivity index (χ2v) is 6.71. The minimum Gasteiger partial charge on any atom is -0.469 e. The number of fused-ring (bicyclic) bond motifs is 1. The van der Waals surface area contributed by atoms with E-state index in [1.807, 2.05) is 49.1 Å². The van der Waals surface area contributed by atoms with Gasteiger partial charge in [-0.2, -0.15) is 0 Å². The SMILES string of the molecule is CC(C)(C(=O)N1CCCc2occc2C1)c1ccccc1Cl. The van der Waals surface area contributed by atoms with E-state index in [0.717, 1.165) is 36.3 Å². The molecule has 1 amide bonds. The molecule has 1 aromatic heterocycles. The summed E-state index contributed by atoms with van der Waals surface area (Å²) in [4.78, 5) is 15.0. The number of hydrogen-bond donors (Lipinski definition) is 0. The van der Waals surface area contributed by atoms with Crippen molar-refractivity contribution in [3.05, 3.63) is 58.5 Å². The third-order valence-corrected chi connectivity index (χ3v) is 4.73. The normalized spacial score (nSPS) is 15.3. The molecule has 3 rings (SSSR count). The van der Waals surface area contributed by atoms with Crippen LogP contribution in [0, 0.1) is 0 Å². The lowest BCUT2D eigenvalue weighted by atomic mass is 9.83. The van der Waals surface area contributed by atoms with Crippen LogP contribution in [0.3, 0.4) is 0 Å². The zero-order valence-corrected chi connectivity index (χ0v) is 13.7. The molecule has 4 heteroatoms. The first-order valence-corrected chi connectivity index (χ1v) is 7.97. The summed E-state index contributed by atoms with van der Waals surface area (Å²) in [5.41, 5.74) is 1.34. The molecule has 0 N–H and O–H groups in total. The molecule has 0 unspecified atom stereocenters. The molecule has 0 atom stereocenters. The van der Waals surface area contributed by atoms with Crippen molar-refractivity contribution in [1.29, 1.82) is 0 Å². The third kappa shape index (κ3) is 2.66. The van der Waals surface area contributed by atoms with Crippen molar-refractivity contribution in [3.63, 3.8) is 0 Å². The Morgan fingerprint density at radius 1 is 1.27 bits per heavy atom. The number of nitrogens with zero attached hydrogens (tertiary/aromatic N) is 1. The molecule has 0 bridgehead atoms. The number of amides is 1. The van der Waals surface area contributed by atoms with Gasteiger partial charge >= 0.3 is 0 Å². The quantitative estimate of drug-likeness (QED) is 0.832. The molecule has 0 spiro atoms. The summed E-state index contributed by atoms with van der Waals surface area (Å²) < 4.78 is 5.49. The maximum absolute atomic E-state index is 13.1. The second-order valence-electron chi connectivity index (χ2n) is 6.30. The molecule has 1 aromatic carbocycles. The summed E-state index contributed by atoms with van der Waals surface area (Å²) in [5.74, 6) is 1.11. The lowest BCUT2D eigenvalue weighted by molar-refractivity contribution is -0.136. The summed E-state index contributed by atoms with van der Waals surface area (Å²) in [6, 6.07) is 9.54. The Morgan fingerprint density at radius 2 is 2.05 bits per heavy atom. The predicted octanol–water partition coefficient (Wildman–Crippen LogP) is 4.19. The lowest BCUT2D eigenvalue weighted by Gasteiger charge is -2.32. The van der Waals surface area contributed by atoms with Gasteiger partial charge in [-0.05, 0) is 38.0 Å². The van der Waals surface area contributed by atoms with Crippen LogP contribution in [0.1, 0.15) is 37.2 Å². The predicted molar refractivity (Wildman–Crippen MR) is 86.9 cm³/mol. The largest absolute Gasteiger partial charge is 0.469 e. The highest BCUT2D eigenvalue weighted by Gasteiger charge is 2.36. The number of aryl methyl sites for hydroxylation is 1. The van der Waals surface area contributed by atoms with Crippen LogP contribution in [0.2, 0.25) is 5.02 Å². The molecule has 22 heavy (non-hydrogen) atoms. The number of carbonyl (C=O) groups is 1. The van der Waals surface area contributed by atoms with E-state index in [1.165, 1.54) is 0 Å². The molecule has 2 heterocycles. The molecule has 0 fully saturated rings. The van der Waals surface area contributed by atoms with Crippen LogP contribution in [0.25, 0.3) is 0 Å². The van der Waals surface area contributed by atoms with E-state index in [2.05, 4.69) is 0 Å². The summed E-state index contributed by atoms with van der Waals surface area (Å²) >= 11 is 6.30. The number of rotatable bonds is 2. The Balaban J connectivity index is 1.88. The zero-order valence-electron chi connectivity index (χ0n) is 12.9. The fourth-order valence-corrected chi connectivity index (χ4v) is 3.47. The lowest BCUT2D eigenvalue weighted by Crippen LogP contribution is -2.43. The fourth-order valence-electron chi connectivity index (χ4n) is 3.09. The average Bonchev–Trinajstić information content (AvgIpc) is 2.84. The van der Waals surface area contributed by atoms with E-state index in [1.54, 1.807) is 6.26 Å². The van der Waals surface area contributed by atoms with Gasteiger partial charge in [-0.3, -0.25) is 4.79 Å². The van der Waals surface area contributed by atoms with Crippen molar-refractivity contribution in [3.8, 4) is 0 Å². The second kappa shape index (κ2) is 5.81. The molecule has 1 aliphatic rings. The van der Waals surface area contributed by atoms with Crippen molar-refractivity contribution >= 4 is 17.5 Å². The van der Waals surface area contributed by atoms with Gasteiger partial charge in [0.15, 0.2) is 0 Å². The van der Waals surface area contributed by atoms with Crippen LogP contribution >= 0.6 is 11.6 Å². The van der Waals surface area contributed by atoms with Gasteiger partial charge in [-0.1, -0.05) is 29.8 Å².